The molecular formula is C18H20N2O4S. The zero-order chi connectivity index (χ0) is 18.8. The number of anilines is 2. The summed E-state index contributed by atoms with van der Waals surface area (Å²) in [6.07, 6.45) is 0. The summed E-state index contributed by atoms with van der Waals surface area (Å²) in [7, 11) is 0. The monoisotopic (exact) mass is 360 g/mol. The minimum atomic E-state index is -1.06. The van der Waals surface area contributed by atoms with E-state index in [4.69, 9.17) is 5.11 Å². The van der Waals surface area contributed by atoms with E-state index in [1.165, 1.54) is 12.1 Å². The van der Waals surface area contributed by atoms with Crippen molar-refractivity contribution in [1.82, 2.24) is 0 Å². The van der Waals surface area contributed by atoms with Crippen molar-refractivity contribution in [2.75, 3.05) is 10.6 Å². The van der Waals surface area contributed by atoms with Gasteiger partial charge in [-0.3, -0.25) is 9.59 Å². The molecule has 0 unspecified atom stereocenters. The number of rotatable bonds is 4. The van der Waals surface area contributed by atoms with Crippen LogP contribution >= 0.6 is 11.3 Å². The highest BCUT2D eigenvalue weighted by Gasteiger charge is 2.22. The van der Waals surface area contributed by atoms with E-state index in [0.29, 0.717) is 16.3 Å². The van der Waals surface area contributed by atoms with E-state index in [-0.39, 0.29) is 10.8 Å². The fourth-order valence-corrected chi connectivity index (χ4v) is 2.65. The van der Waals surface area contributed by atoms with E-state index in [1.54, 1.807) is 18.2 Å². The average molecular weight is 360 g/mol. The zero-order valence-electron chi connectivity index (χ0n) is 14.5. The van der Waals surface area contributed by atoms with Crippen LogP contribution in [0.25, 0.3) is 0 Å². The van der Waals surface area contributed by atoms with Crippen molar-refractivity contribution < 1.29 is 19.5 Å². The number of aryl methyl sites for hydroxylation is 1. The van der Waals surface area contributed by atoms with Gasteiger partial charge in [-0.25, -0.2) is 4.79 Å². The fourth-order valence-electron chi connectivity index (χ4n) is 1.91. The molecule has 25 heavy (non-hydrogen) atoms. The highest BCUT2D eigenvalue weighted by molar-refractivity contribution is 7.15. The number of carboxylic acids is 1. The van der Waals surface area contributed by atoms with Crippen molar-refractivity contribution in [3.63, 3.8) is 0 Å². The van der Waals surface area contributed by atoms with Crippen LogP contribution in [0.15, 0.2) is 30.3 Å². The number of carbonyl (C=O) groups is 3. The van der Waals surface area contributed by atoms with Crippen LogP contribution in [0.5, 0.6) is 0 Å². The lowest BCUT2D eigenvalue weighted by Gasteiger charge is -2.19. The van der Waals surface area contributed by atoms with Crippen LogP contribution in [0.4, 0.5) is 11.4 Å². The Morgan fingerprint density at radius 2 is 1.64 bits per heavy atom. The number of hydrogen-bond acceptors (Lipinski definition) is 4. The van der Waals surface area contributed by atoms with Gasteiger partial charge in [0.25, 0.3) is 5.91 Å². The highest BCUT2D eigenvalue weighted by Crippen LogP contribution is 2.25. The second-order valence-electron chi connectivity index (χ2n) is 6.66. The summed E-state index contributed by atoms with van der Waals surface area (Å²) in [5.74, 6) is -1.58. The number of benzene rings is 1. The molecule has 2 amide bonds. The maximum Gasteiger partial charge on any atom is 0.345 e. The third-order valence-electron chi connectivity index (χ3n) is 3.47. The number of carbonyl (C=O) groups excluding carboxylic acids is 2. The van der Waals surface area contributed by atoms with Crippen LogP contribution in [0.2, 0.25) is 0 Å². The highest BCUT2D eigenvalue weighted by atomic mass is 32.1. The molecule has 0 fully saturated rings. The minimum absolute atomic E-state index is 0.104. The molecule has 0 aliphatic rings. The van der Waals surface area contributed by atoms with Crippen LogP contribution in [-0.4, -0.2) is 22.9 Å². The summed E-state index contributed by atoms with van der Waals surface area (Å²) in [4.78, 5) is 35.7. The van der Waals surface area contributed by atoms with Crippen LogP contribution in [0, 0.1) is 12.3 Å². The molecule has 0 atom stereocenters. The largest absolute Gasteiger partial charge is 0.477 e. The number of carboxylic acid groups (broad SMARTS) is 1. The Morgan fingerprint density at radius 3 is 2.20 bits per heavy atom. The first-order valence-corrected chi connectivity index (χ1v) is 8.46. The van der Waals surface area contributed by atoms with Gasteiger partial charge in [-0.2, -0.15) is 0 Å². The van der Waals surface area contributed by atoms with Gasteiger partial charge >= 0.3 is 5.97 Å². The van der Waals surface area contributed by atoms with Gasteiger partial charge in [-0.05, 0) is 36.8 Å². The third kappa shape index (κ3) is 4.67. The Balaban J connectivity index is 2.17. The predicted molar refractivity (Wildman–Crippen MR) is 98.5 cm³/mol. The van der Waals surface area contributed by atoms with Crippen LogP contribution in [0.3, 0.4) is 0 Å². The maximum atomic E-state index is 12.2. The first kappa shape index (κ1) is 18.7. The van der Waals surface area contributed by atoms with E-state index in [0.717, 1.165) is 16.9 Å². The number of aromatic carboxylic acids is 1. The third-order valence-corrected chi connectivity index (χ3v) is 4.54. The van der Waals surface area contributed by atoms with Crippen molar-refractivity contribution >= 4 is 40.5 Å². The summed E-state index contributed by atoms with van der Waals surface area (Å²) in [6.45, 7) is 7.32. The second kappa shape index (κ2) is 7.06. The first-order chi connectivity index (χ1) is 11.6. The summed E-state index contributed by atoms with van der Waals surface area (Å²) >= 11 is 0.908. The lowest BCUT2D eigenvalue weighted by molar-refractivity contribution is -0.123. The lowest BCUT2D eigenvalue weighted by Crippen LogP contribution is -2.28. The van der Waals surface area contributed by atoms with Crippen molar-refractivity contribution in [3.8, 4) is 0 Å². The van der Waals surface area contributed by atoms with Crippen LogP contribution < -0.4 is 10.6 Å². The molecule has 132 valence electrons. The smallest absolute Gasteiger partial charge is 0.345 e. The summed E-state index contributed by atoms with van der Waals surface area (Å²) in [5.41, 5.74) is 1.48. The van der Waals surface area contributed by atoms with Gasteiger partial charge in [0.1, 0.15) is 4.88 Å². The van der Waals surface area contributed by atoms with Gasteiger partial charge in [-0.1, -0.05) is 26.8 Å². The quantitative estimate of drug-likeness (QED) is 0.768. The first-order valence-electron chi connectivity index (χ1n) is 7.64. The molecule has 6 nitrogen and oxygen atoms in total. The molecule has 1 aromatic carbocycles. The molecular weight excluding hydrogens is 340 g/mol. The van der Waals surface area contributed by atoms with E-state index in [2.05, 4.69) is 10.6 Å². The van der Waals surface area contributed by atoms with Gasteiger partial charge in [0, 0.05) is 16.8 Å². The van der Waals surface area contributed by atoms with Gasteiger partial charge < -0.3 is 15.7 Å². The van der Waals surface area contributed by atoms with E-state index in [1.807, 2.05) is 27.7 Å². The van der Waals surface area contributed by atoms with Crippen molar-refractivity contribution in [2.45, 2.75) is 27.7 Å². The van der Waals surface area contributed by atoms with Crippen LogP contribution in [0.1, 0.15) is 45.7 Å². The van der Waals surface area contributed by atoms with E-state index in [9.17, 15) is 14.4 Å². The normalized spacial score (nSPS) is 11.0. The Labute approximate surface area is 149 Å². The molecule has 0 radical (unpaired) electrons. The number of thiophene rings is 1. The fraction of sp³-hybridized carbons (Fsp3) is 0.278. The Kier molecular flexibility index (Phi) is 5.27. The average Bonchev–Trinajstić information content (AvgIpc) is 3.00. The maximum absolute atomic E-state index is 12.2. The Bertz CT molecular complexity index is 834. The van der Waals surface area contributed by atoms with Gasteiger partial charge in [0.15, 0.2) is 0 Å². The molecule has 2 rings (SSSR count). The molecule has 1 heterocycles. The molecule has 0 bridgehead atoms. The van der Waals surface area contributed by atoms with Gasteiger partial charge in [-0.15, -0.1) is 11.3 Å². The van der Waals surface area contributed by atoms with Crippen molar-refractivity contribution in [2.24, 2.45) is 5.41 Å². The van der Waals surface area contributed by atoms with Gasteiger partial charge in [0.2, 0.25) is 5.91 Å². The SMILES string of the molecule is Cc1ccc(NC(=O)c2ccc(C(=O)O)s2)cc1NC(=O)C(C)(C)C. The topological polar surface area (TPSA) is 95.5 Å². The number of hydrogen-bond donors (Lipinski definition) is 3. The number of amides is 2. The van der Waals surface area contributed by atoms with Gasteiger partial charge in [0.05, 0.1) is 4.88 Å². The molecule has 0 saturated heterocycles. The Morgan fingerprint density at radius 1 is 1.00 bits per heavy atom. The number of nitrogens with one attached hydrogen (secondary N) is 2. The molecule has 0 aliphatic carbocycles. The minimum Gasteiger partial charge on any atom is -0.477 e. The summed E-state index contributed by atoms with van der Waals surface area (Å²) < 4.78 is 0. The molecule has 0 spiro atoms. The van der Waals surface area contributed by atoms with E-state index >= 15 is 0 Å². The van der Waals surface area contributed by atoms with Crippen molar-refractivity contribution in [1.29, 1.82) is 0 Å². The summed E-state index contributed by atoms with van der Waals surface area (Å²) in [6, 6.07) is 8.07. The standard InChI is InChI=1S/C18H20N2O4S/c1-10-5-6-11(9-12(10)20-17(24)18(2,3)4)19-15(21)13-7-8-14(25-13)16(22)23/h5-9H,1-4H3,(H,19,21)(H,20,24)(H,22,23). The lowest BCUT2D eigenvalue weighted by atomic mass is 9.95. The molecule has 3 N–H and O–H groups in total. The molecule has 0 aliphatic heterocycles. The molecule has 7 heteroatoms. The summed E-state index contributed by atoms with van der Waals surface area (Å²) in [5, 5.41) is 14.5. The molecule has 2 aromatic rings. The predicted octanol–water partition coefficient (Wildman–Crippen LogP) is 3.99. The molecule has 1 aromatic heterocycles. The Hall–Kier alpha value is -2.67. The molecule has 0 saturated carbocycles. The zero-order valence-corrected chi connectivity index (χ0v) is 15.3. The second-order valence-corrected chi connectivity index (χ2v) is 7.74. The van der Waals surface area contributed by atoms with E-state index < -0.39 is 17.3 Å². The van der Waals surface area contributed by atoms with Crippen LogP contribution in [-0.2, 0) is 4.79 Å². The van der Waals surface area contributed by atoms with Crippen molar-refractivity contribution in [3.05, 3.63) is 45.6 Å².